The van der Waals surface area contributed by atoms with Crippen molar-refractivity contribution in [2.75, 3.05) is 31.1 Å². The SMILES string of the molecule is C=C(/C(=C\C)CN1CCN(c2ccc(C(F)(F)F)cn2)[C@H](C)C1)c1ccc(-c2cn[nH]c2)cc1. The highest BCUT2D eigenvalue weighted by Crippen LogP contribution is 2.30. The fraction of sp³-hybridized carbons (Fsp3) is 0.308. The van der Waals surface area contributed by atoms with Crippen LogP contribution in [0.4, 0.5) is 19.0 Å². The van der Waals surface area contributed by atoms with E-state index in [0.717, 1.165) is 59.7 Å². The molecule has 0 saturated carbocycles. The molecule has 0 radical (unpaired) electrons. The highest BCUT2D eigenvalue weighted by Gasteiger charge is 2.31. The highest BCUT2D eigenvalue weighted by atomic mass is 19.4. The first-order valence-electron chi connectivity index (χ1n) is 11.2. The largest absolute Gasteiger partial charge is 0.417 e. The number of piperazine rings is 1. The molecule has 3 heterocycles. The van der Waals surface area contributed by atoms with Gasteiger partial charge in [-0.1, -0.05) is 36.9 Å². The number of H-pyrrole nitrogens is 1. The first kappa shape index (κ1) is 23.8. The van der Waals surface area contributed by atoms with Gasteiger partial charge in [-0.25, -0.2) is 4.98 Å². The third-order valence-electron chi connectivity index (χ3n) is 6.28. The zero-order chi connectivity index (χ0) is 24.3. The van der Waals surface area contributed by atoms with Gasteiger partial charge in [0.1, 0.15) is 5.82 Å². The quantitative estimate of drug-likeness (QED) is 0.475. The number of anilines is 1. The summed E-state index contributed by atoms with van der Waals surface area (Å²) in [5, 5.41) is 6.83. The molecular formula is C26H28F3N5. The van der Waals surface area contributed by atoms with E-state index in [-0.39, 0.29) is 6.04 Å². The lowest BCUT2D eigenvalue weighted by molar-refractivity contribution is -0.137. The summed E-state index contributed by atoms with van der Waals surface area (Å²) in [5.74, 6) is 0.577. The van der Waals surface area contributed by atoms with E-state index >= 15 is 0 Å². The van der Waals surface area contributed by atoms with Gasteiger partial charge in [0, 0.05) is 50.2 Å². The van der Waals surface area contributed by atoms with E-state index in [9.17, 15) is 13.2 Å². The van der Waals surface area contributed by atoms with Crippen LogP contribution >= 0.6 is 0 Å². The Morgan fingerprint density at radius 1 is 1.12 bits per heavy atom. The molecule has 0 unspecified atom stereocenters. The molecule has 1 N–H and O–H groups in total. The number of hydrogen-bond donors (Lipinski definition) is 1. The minimum Gasteiger partial charge on any atom is -0.351 e. The molecule has 0 amide bonds. The second-order valence-electron chi connectivity index (χ2n) is 8.54. The molecule has 1 aliphatic rings. The second kappa shape index (κ2) is 9.85. The number of allylic oxidation sites excluding steroid dienone is 1. The minimum atomic E-state index is -4.37. The number of pyridine rings is 1. The molecule has 4 rings (SSSR count). The summed E-state index contributed by atoms with van der Waals surface area (Å²) in [6.45, 7) is 11.5. The Bertz CT molecular complexity index is 1130. The Morgan fingerprint density at radius 2 is 1.88 bits per heavy atom. The summed E-state index contributed by atoms with van der Waals surface area (Å²) in [6, 6.07) is 11.0. The van der Waals surface area contributed by atoms with E-state index in [0.29, 0.717) is 12.4 Å². The van der Waals surface area contributed by atoms with E-state index in [1.54, 1.807) is 6.20 Å². The van der Waals surface area contributed by atoms with Crippen LogP contribution in [0.25, 0.3) is 16.7 Å². The molecular weight excluding hydrogens is 439 g/mol. The minimum absolute atomic E-state index is 0.124. The number of alkyl halides is 3. The van der Waals surface area contributed by atoms with Gasteiger partial charge in [0.25, 0.3) is 0 Å². The summed E-state index contributed by atoms with van der Waals surface area (Å²) in [6.07, 6.45) is 2.29. The van der Waals surface area contributed by atoms with Crippen LogP contribution in [0, 0.1) is 0 Å². The Hall–Kier alpha value is -3.39. The van der Waals surface area contributed by atoms with Crippen molar-refractivity contribution in [3.63, 3.8) is 0 Å². The van der Waals surface area contributed by atoms with E-state index in [4.69, 9.17) is 0 Å². The average Bonchev–Trinajstić information content (AvgIpc) is 3.37. The van der Waals surface area contributed by atoms with E-state index < -0.39 is 11.7 Å². The van der Waals surface area contributed by atoms with Crippen molar-refractivity contribution in [2.24, 2.45) is 0 Å². The lowest BCUT2D eigenvalue weighted by atomic mass is 9.96. The number of aromatic nitrogens is 3. The van der Waals surface area contributed by atoms with Crippen LogP contribution < -0.4 is 4.90 Å². The van der Waals surface area contributed by atoms with Crippen molar-refractivity contribution < 1.29 is 13.2 Å². The molecule has 0 bridgehead atoms. The Morgan fingerprint density at radius 3 is 2.44 bits per heavy atom. The maximum absolute atomic E-state index is 12.8. The molecule has 178 valence electrons. The predicted molar refractivity (Wildman–Crippen MR) is 129 cm³/mol. The monoisotopic (exact) mass is 467 g/mol. The zero-order valence-electron chi connectivity index (χ0n) is 19.3. The smallest absolute Gasteiger partial charge is 0.351 e. The Balaban J connectivity index is 1.37. The number of rotatable bonds is 6. The molecule has 1 aromatic carbocycles. The van der Waals surface area contributed by atoms with Crippen LogP contribution in [0.3, 0.4) is 0 Å². The summed E-state index contributed by atoms with van der Waals surface area (Å²) < 4.78 is 38.5. The lowest BCUT2D eigenvalue weighted by Gasteiger charge is -2.41. The van der Waals surface area contributed by atoms with Gasteiger partial charge in [-0.05, 0) is 48.3 Å². The predicted octanol–water partition coefficient (Wildman–Crippen LogP) is 5.66. The number of aromatic amines is 1. The van der Waals surface area contributed by atoms with Crippen LogP contribution in [-0.2, 0) is 6.18 Å². The van der Waals surface area contributed by atoms with Crippen LogP contribution in [-0.4, -0.2) is 52.3 Å². The number of nitrogens with zero attached hydrogens (tertiary/aromatic N) is 4. The molecule has 5 nitrogen and oxygen atoms in total. The van der Waals surface area contributed by atoms with Crippen molar-refractivity contribution in [3.8, 4) is 11.1 Å². The van der Waals surface area contributed by atoms with Crippen LogP contribution in [0.1, 0.15) is 25.0 Å². The van der Waals surface area contributed by atoms with E-state index in [1.807, 2.05) is 13.1 Å². The standard InChI is InChI=1S/C26H28F3N5/c1-4-20(19(3)21-5-7-22(8-6-21)23-13-31-32-14-23)17-33-11-12-34(18(2)16-33)25-10-9-24(15-30-25)26(27,28)29/h4-10,13-15,18H,3,11-12,16-17H2,1-2H3,(H,31,32)/b20-4-/t18-/m1/s1. The molecule has 1 saturated heterocycles. The first-order chi connectivity index (χ1) is 16.3. The van der Waals surface area contributed by atoms with Gasteiger partial charge in [0.2, 0.25) is 0 Å². The van der Waals surface area contributed by atoms with Gasteiger partial charge in [-0.15, -0.1) is 0 Å². The molecule has 2 aromatic heterocycles. The topological polar surface area (TPSA) is 48.1 Å². The number of nitrogens with one attached hydrogen (secondary N) is 1. The van der Waals surface area contributed by atoms with Crippen LogP contribution in [0.5, 0.6) is 0 Å². The molecule has 8 heteroatoms. The molecule has 3 aromatic rings. The summed E-state index contributed by atoms with van der Waals surface area (Å²) >= 11 is 0. The van der Waals surface area contributed by atoms with Gasteiger partial charge < -0.3 is 4.90 Å². The average molecular weight is 468 g/mol. The maximum Gasteiger partial charge on any atom is 0.417 e. The summed E-state index contributed by atoms with van der Waals surface area (Å²) in [5.41, 5.74) is 4.62. The molecule has 1 aliphatic heterocycles. The van der Waals surface area contributed by atoms with Crippen LogP contribution in [0.2, 0.25) is 0 Å². The van der Waals surface area contributed by atoms with Crippen molar-refractivity contribution in [1.29, 1.82) is 0 Å². The Kier molecular flexibility index (Phi) is 6.88. The highest BCUT2D eigenvalue weighted by molar-refractivity contribution is 5.79. The second-order valence-corrected chi connectivity index (χ2v) is 8.54. The van der Waals surface area contributed by atoms with Crippen molar-refractivity contribution in [3.05, 3.63) is 84.3 Å². The molecule has 34 heavy (non-hydrogen) atoms. The van der Waals surface area contributed by atoms with Gasteiger partial charge >= 0.3 is 6.18 Å². The van der Waals surface area contributed by atoms with Gasteiger partial charge in [-0.3, -0.25) is 10.00 Å². The van der Waals surface area contributed by atoms with Crippen molar-refractivity contribution in [2.45, 2.75) is 26.1 Å². The van der Waals surface area contributed by atoms with Crippen LogP contribution in [0.15, 0.2) is 73.2 Å². The number of hydrogen-bond acceptors (Lipinski definition) is 4. The van der Waals surface area contributed by atoms with Crippen molar-refractivity contribution in [1.82, 2.24) is 20.1 Å². The van der Waals surface area contributed by atoms with Gasteiger partial charge in [0.05, 0.1) is 11.8 Å². The third kappa shape index (κ3) is 5.22. The molecule has 1 atom stereocenters. The van der Waals surface area contributed by atoms with E-state index in [1.165, 1.54) is 6.07 Å². The summed E-state index contributed by atoms with van der Waals surface area (Å²) in [7, 11) is 0. The maximum atomic E-state index is 12.8. The Labute approximate surface area is 197 Å². The fourth-order valence-corrected chi connectivity index (χ4v) is 4.30. The number of halogens is 3. The summed E-state index contributed by atoms with van der Waals surface area (Å²) in [4.78, 5) is 8.49. The molecule has 0 spiro atoms. The molecule has 1 fully saturated rings. The lowest BCUT2D eigenvalue weighted by Crippen LogP contribution is -2.52. The van der Waals surface area contributed by atoms with E-state index in [2.05, 4.69) is 68.8 Å². The normalized spacial score (nSPS) is 17.7. The van der Waals surface area contributed by atoms with Crippen molar-refractivity contribution >= 4 is 11.4 Å². The fourth-order valence-electron chi connectivity index (χ4n) is 4.30. The molecule has 0 aliphatic carbocycles. The first-order valence-corrected chi connectivity index (χ1v) is 11.2. The number of benzene rings is 1. The van der Waals surface area contributed by atoms with Gasteiger partial charge in [-0.2, -0.15) is 18.3 Å². The van der Waals surface area contributed by atoms with Gasteiger partial charge in [0.15, 0.2) is 0 Å². The third-order valence-corrected chi connectivity index (χ3v) is 6.28. The zero-order valence-corrected chi connectivity index (χ0v) is 19.3.